The van der Waals surface area contributed by atoms with Crippen molar-refractivity contribution in [2.75, 3.05) is 6.54 Å². The molecule has 0 aromatic rings. The Morgan fingerprint density at radius 3 is 2.81 bits per heavy atom. The summed E-state index contributed by atoms with van der Waals surface area (Å²) in [6.07, 6.45) is 6.45. The minimum Gasteiger partial charge on any atom is -0.385 e. The molecule has 0 aromatic heterocycles. The van der Waals surface area contributed by atoms with Crippen molar-refractivity contribution >= 4 is 11.9 Å². The molecule has 16 heavy (non-hydrogen) atoms. The number of carbonyl (C=O) groups excluding carboxylic acids is 1. The Hall–Kier alpha value is -1.32. The maximum absolute atomic E-state index is 11.8. The summed E-state index contributed by atoms with van der Waals surface area (Å²) < 4.78 is 0. The molecule has 4 heteroatoms. The van der Waals surface area contributed by atoms with Crippen molar-refractivity contribution in [3.63, 3.8) is 0 Å². The van der Waals surface area contributed by atoms with Gasteiger partial charge in [-0.25, -0.2) is 4.79 Å². The van der Waals surface area contributed by atoms with E-state index in [9.17, 15) is 4.79 Å². The number of amidine groups is 1. The average Bonchev–Trinajstić information content (AvgIpc) is 2.83. The van der Waals surface area contributed by atoms with Crippen LogP contribution in [0, 0.1) is 5.92 Å². The van der Waals surface area contributed by atoms with Crippen LogP contribution < -0.4 is 5.73 Å². The number of carbonyl (C=O) groups is 1. The van der Waals surface area contributed by atoms with E-state index in [1.54, 1.807) is 11.0 Å². The molecular formula is C12H19N3O. The van der Waals surface area contributed by atoms with Crippen LogP contribution in [0.2, 0.25) is 0 Å². The topological polar surface area (TPSA) is 58.7 Å². The predicted octanol–water partition coefficient (Wildman–Crippen LogP) is 1.91. The number of nitrogens with zero attached hydrogens (tertiary/aromatic N) is 2. The lowest BCUT2D eigenvalue weighted by Gasteiger charge is -2.39. The molecule has 0 saturated heterocycles. The molecule has 1 heterocycles. The number of rotatable bonds is 3. The minimum absolute atomic E-state index is 0.216. The van der Waals surface area contributed by atoms with Crippen molar-refractivity contribution < 1.29 is 4.79 Å². The third-order valence-corrected chi connectivity index (χ3v) is 3.99. The fourth-order valence-electron chi connectivity index (χ4n) is 2.93. The van der Waals surface area contributed by atoms with E-state index in [4.69, 9.17) is 5.73 Å². The normalized spacial score (nSPS) is 30.9. The van der Waals surface area contributed by atoms with Crippen LogP contribution in [0.5, 0.6) is 0 Å². The SMILES string of the molecule is C=CCN1C(=O)N=C(N)C1(C)C1CCCC1. The summed E-state index contributed by atoms with van der Waals surface area (Å²) in [6, 6.07) is -0.216. The minimum atomic E-state index is -0.387. The van der Waals surface area contributed by atoms with Gasteiger partial charge in [-0.05, 0) is 25.7 Å². The number of hydrogen-bond donors (Lipinski definition) is 1. The Balaban J connectivity index is 2.30. The lowest BCUT2D eigenvalue weighted by molar-refractivity contribution is 0.152. The molecule has 2 N–H and O–H groups in total. The van der Waals surface area contributed by atoms with Gasteiger partial charge in [0.15, 0.2) is 0 Å². The molecule has 88 valence electrons. The summed E-state index contributed by atoms with van der Waals surface area (Å²) in [4.78, 5) is 17.4. The second-order valence-corrected chi connectivity index (χ2v) is 4.81. The van der Waals surface area contributed by atoms with Gasteiger partial charge in [0.05, 0.1) is 0 Å². The zero-order chi connectivity index (χ0) is 11.8. The monoisotopic (exact) mass is 221 g/mol. The van der Waals surface area contributed by atoms with Crippen molar-refractivity contribution in [2.24, 2.45) is 16.6 Å². The molecule has 2 amide bonds. The van der Waals surface area contributed by atoms with E-state index in [0.717, 1.165) is 12.8 Å². The number of hydrogen-bond acceptors (Lipinski definition) is 2. The van der Waals surface area contributed by atoms with Gasteiger partial charge in [-0.1, -0.05) is 18.9 Å². The smallest absolute Gasteiger partial charge is 0.346 e. The van der Waals surface area contributed by atoms with Gasteiger partial charge >= 0.3 is 6.03 Å². The summed E-state index contributed by atoms with van der Waals surface area (Å²) in [5.41, 5.74) is 5.57. The number of amides is 2. The van der Waals surface area contributed by atoms with Gasteiger partial charge in [-0.2, -0.15) is 4.99 Å². The second-order valence-electron chi connectivity index (χ2n) is 4.81. The Morgan fingerprint density at radius 2 is 2.25 bits per heavy atom. The molecule has 4 nitrogen and oxygen atoms in total. The Morgan fingerprint density at radius 1 is 1.62 bits per heavy atom. The molecule has 0 radical (unpaired) electrons. The maximum Gasteiger partial charge on any atom is 0.346 e. The van der Waals surface area contributed by atoms with Crippen molar-refractivity contribution in [1.29, 1.82) is 0 Å². The first-order valence-corrected chi connectivity index (χ1v) is 5.88. The highest BCUT2D eigenvalue weighted by atomic mass is 16.2. The van der Waals surface area contributed by atoms with E-state index in [-0.39, 0.29) is 11.6 Å². The molecule has 2 aliphatic rings. The van der Waals surface area contributed by atoms with E-state index in [2.05, 4.69) is 11.6 Å². The average molecular weight is 221 g/mol. The van der Waals surface area contributed by atoms with Crippen LogP contribution in [-0.4, -0.2) is 28.9 Å². The van der Waals surface area contributed by atoms with Gasteiger partial charge in [0.25, 0.3) is 0 Å². The molecule has 1 aliphatic heterocycles. The van der Waals surface area contributed by atoms with E-state index in [1.807, 2.05) is 6.92 Å². The summed E-state index contributed by atoms with van der Waals surface area (Å²) in [6.45, 7) is 6.25. The number of urea groups is 1. The van der Waals surface area contributed by atoms with Crippen molar-refractivity contribution in [1.82, 2.24) is 4.90 Å². The highest BCUT2D eigenvalue weighted by Crippen LogP contribution is 2.40. The first kappa shape index (κ1) is 11.2. The molecule has 1 saturated carbocycles. The number of nitrogens with two attached hydrogens (primary N) is 1. The Bertz CT molecular complexity index is 344. The summed E-state index contributed by atoms with van der Waals surface area (Å²) in [5, 5.41) is 0. The molecule has 1 atom stereocenters. The van der Waals surface area contributed by atoms with Gasteiger partial charge in [0.1, 0.15) is 11.4 Å². The molecule has 1 unspecified atom stereocenters. The van der Waals surface area contributed by atoms with Crippen LogP contribution in [0.4, 0.5) is 4.79 Å². The molecular weight excluding hydrogens is 202 g/mol. The third-order valence-electron chi connectivity index (χ3n) is 3.99. The van der Waals surface area contributed by atoms with Crippen LogP contribution in [0.1, 0.15) is 32.6 Å². The maximum atomic E-state index is 11.8. The standard InChI is InChI=1S/C12H19N3O/c1-3-8-15-11(16)14-10(13)12(15,2)9-6-4-5-7-9/h3,9H,1,4-8H2,2H3,(H2,13,14,16). The molecule has 0 bridgehead atoms. The van der Waals surface area contributed by atoms with Crippen LogP contribution in [-0.2, 0) is 0 Å². The zero-order valence-corrected chi connectivity index (χ0v) is 9.78. The highest BCUT2D eigenvalue weighted by Gasteiger charge is 2.49. The molecule has 0 spiro atoms. The first-order chi connectivity index (χ1) is 7.60. The molecule has 1 fully saturated rings. The van der Waals surface area contributed by atoms with Crippen LogP contribution >= 0.6 is 0 Å². The van der Waals surface area contributed by atoms with Crippen molar-refractivity contribution in [3.05, 3.63) is 12.7 Å². The molecule has 1 aliphatic carbocycles. The zero-order valence-electron chi connectivity index (χ0n) is 9.78. The van der Waals surface area contributed by atoms with Crippen LogP contribution in [0.25, 0.3) is 0 Å². The highest BCUT2D eigenvalue weighted by molar-refractivity contribution is 6.05. The van der Waals surface area contributed by atoms with Crippen molar-refractivity contribution in [2.45, 2.75) is 38.1 Å². The largest absolute Gasteiger partial charge is 0.385 e. The van der Waals surface area contributed by atoms with Gasteiger partial charge in [0.2, 0.25) is 0 Å². The lowest BCUT2D eigenvalue weighted by atomic mass is 9.82. The van der Waals surface area contributed by atoms with Gasteiger partial charge < -0.3 is 10.6 Å². The Labute approximate surface area is 96.2 Å². The quantitative estimate of drug-likeness (QED) is 0.740. The second kappa shape index (κ2) is 3.92. The van der Waals surface area contributed by atoms with Crippen LogP contribution in [0.15, 0.2) is 17.6 Å². The first-order valence-electron chi connectivity index (χ1n) is 5.88. The van der Waals surface area contributed by atoms with Gasteiger partial charge in [-0.15, -0.1) is 6.58 Å². The summed E-state index contributed by atoms with van der Waals surface area (Å²) >= 11 is 0. The predicted molar refractivity (Wildman–Crippen MR) is 64.3 cm³/mol. The van der Waals surface area contributed by atoms with Crippen LogP contribution in [0.3, 0.4) is 0 Å². The molecule has 0 aromatic carbocycles. The van der Waals surface area contributed by atoms with Gasteiger partial charge in [0, 0.05) is 6.54 Å². The number of aliphatic imine (C=N–C) groups is 1. The molecule has 2 rings (SSSR count). The fraction of sp³-hybridized carbons (Fsp3) is 0.667. The summed E-state index contributed by atoms with van der Waals surface area (Å²) in [7, 11) is 0. The lowest BCUT2D eigenvalue weighted by Crippen LogP contribution is -2.56. The third kappa shape index (κ3) is 1.44. The van der Waals surface area contributed by atoms with E-state index in [1.165, 1.54) is 12.8 Å². The van der Waals surface area contributed by atoms with E-state index < -0.39 is 0 Å². The van der Waals surface area contributed by atoms with E-state index in [0.29, 0.717) is 18.3 Å². The van der Waals surface area contributed by atoms with Crippen molar-refractivity contribution in [3.8, 4) is 0 Å². The fourth-order valence-corrected chi connectivity index (χ4v) is 2.93. The summed E-state index contributed by atoms with van der Waals surface area (Å²) in [5.74, 6) is 0.925. The van der Waals surface area contributed by atoms with E-state index >= 15 is 0 Å². The van der Waals surface area contributed by atoms with Gasteiger partial charge in [-0.3, -0.25) is 0 Å². The Kier molecular flexibility index (Phi) is 2.74.